The molecule has 0 bridgehead atoms. The van der Waals surface area contributed by atoms with Crippen LogP contribution in [-0.2, 0) is 16.1 Å². The normalized spacial score (nSPS) is 15.6. The van der Waals surface area contributed by atoms with Gasteiger partial charge in [-0.15, -0.1) is 0 Å². The maximum Gasteiger partial charge on any atom is 0.360 e. The second-order valence-corrected chi connectivity index (χ2v) is 6.68. The average molecular weight is 373 g/mol. The van der Waals surface area contributed by atoms with Crippen molar-refractivity contribution in [1.82, 2.24) is 15.1 Å². The van der Waals surface area contributed by atoms with E-state index < -0.39 is 17.6 Å². The molecule has 1 amide bonds. The van der Waals surface area contributed by atoms with Crippen molar-refractivity contribution in [3.63, 3.8) is 0 Å². The monoisotopic (exact) mass is 373 g/mol. The van der Waals surface area contributed by atoms with Crippen LogP contribution in [0.4, 0.5) is 0 Å². The minimum absolute atomic E-state index is 0.0400. The summed E-state index contributed by atoms with van der Waals surface area (Å²) in [6.45, 7) is 1.18. The third-order valence-corrected chi connectivity index (χ3v) is 4.73. The number of hydrogen-bond donors (Lipinski definition) is 2. The molecule has 1 aromatic heterocycles. The minimum Gasteiger partial charge on any atom is -0.448 e. The Labute approximate surface area is 156 Å². The van der Waals surface area contributed by atoms with Gasteiger partial charge in [0.25, 0.3) is 11.5 Å². The van der Waals surface area contributed by atoms with Gasteiger partial charge in [0.2, 0.25) is 0 Å². The van der Waals surface area contributed by atoms with E-state index in [0.717, 1.165) is 30.4 Å². The molecule has 1 heterocycles. The summed E-state index contributed by atoms with van der Waals surface area (Å²) < 4.78 is 6.33. The van der Waals surface area contributed by atoms with Gasteiger partial charge in [-0.05, 0) is 25.8 Å². The number of ether oxygens (including phenoxy) is 1. The first kappa shape index (κ1) is 19.0. The minimum atomic E-state index is -0.975. The molecule has 3 rings (SSSR count). The van der Waals surface area contributed by atoms with Crippen LogP contribution in [0.5, 0.6) is 0 Å². The van der Waals surface area contributed by atoms with Gasteiger partial charge in [0, 0.05) is 11.4 Å². The fourth-order valence-corrected chi connectivity index (χ4v) is 3.29. The summed E-state index contributed by atoms with van der Waals surface area (Å²) in [6, 6.07) is 6.68. The van der Waals surface area contributed by atoms with Crippen LogP contribution in [0.1, 0.15) is 43.1 Å². The van der Waals surface area contributed by atoms with Crippen molar-refractivity contribution in [2.24, 2.45) is 0 Å². The number of aromatic nitrogens is 2. The molecule has 0 saturated heterocycles. The molecule has 0 radical (unpaired) electrons. The summed E-state index contributed by atoms with van der Waals surface area (Å²) in [5.41, 5.74) is -0.456. The van der Waals surface area contributed by atoms with Crippen molar-refractivity contribution < 1.29 is 19.4 Å². The lowest BCUT2D eigenvalue weighted by Gasteiger charge is -2.17. The highest BCUT2D eigenvalue weighted by Gasteiger charge is 2.25. The van der Waals surface area contributed by atoms with Gasteiger partial charge in [-0.3, -0.25) is 9.59 Å². The summed E-state index contributed by atoms with van der Waals surface area (Å²) in [6.07, 6.45) is 3.06. The standard InChI is InChI=1S/C19H23N3O5/c1-12(17(24)20-13-6-2-3-7-13)27-19(26)16-14-8-4-5-9-15(14)18(25)22(21-16)10-11-23/h4-5,8-9,12-13,23H,2-3,6-7,10-11H2,1H3,(H,20,24)/t12-/m1/s1. The fourth-order valence-electron chi connectivity index (χ4n) is 3.29. The van der Waals surface area contributed by atoms with Crippen LogP contribution >= 0.6 is 0 Å². The molecule has 1 aromatic carbocycles. The van der Waals surface area contributed by atoms with Crippen molar-refractivity contribution in [2.75, 3.05) is 6.61 Å². The molecule has 8 heteroatoms. The summed E-state index contributed by atoms with van der Waals surface area (Å²) in [5, 5.41) is 16.7. The van der Waals surface area contributed by atoms with Crippen molar-refractivity contribution in [3.8, 4) is 0 Å². The predicted octanol–water partition coefficient (Wildman–Crippen LogP) is 0.993. The molecule has 8 nitrogen and oxygen atoms in total. The molecular formula is C19H23N3O5. The zero-order valence-corrected chi connectivity index (χ0v) is 15.2. The molecule has 2 N–H and O–H groups in total. The Hall–Kier alpha value is -2.74. The van der Waals surface area contributed by atoms with E-state index in [1.54, 1.807) is 24.3 Å². The second kappa shape index (κ2) is 8.30. The van der Waals surface area contributed by atoms with Gasteiger partial charge in [0.1, 0.15) is 0 Å². The zero-order chi connectivity index (χ0) is 19.4. The van der Waals surface area contributed by atoms with E-state index in [1.165, 1.54) is 6.92 Å². The van der Waals surface area contributed by atoms with E-state index in [0.29, 0.717) is 10.8 Å². The molecule has 1 fully saturated rings. The quantitative estimate of drug-likeness (QED) is 0.731. The average Bonchev–Trinajstić information content (AvgIpc) is 3.17. The molecule has 0 spiro atoms. The maximum atomic E-state index is 12.6. The third-order valence-electron chi connectivity index (χ3n) is 4.73. The van der Waals surface area contributed by atoms with Crippen molar-refractivity contribution >= 4 is 22.6 Å². The van der Waals surface area contributed by atoms with Gasteiger partial charge in [-0.25, -0.2) is 9.48 Å². The number of carbonyl (C=O) groups is 2. The maximum absolute atomic E-state index is 12.6. The fraction of sp³-hybridized carbons (Fsp3) is 0.474. The van der Waals surface area contributed by atoms with Crippen LogP contribution in [0.3, 0.4) is 0 Å². The molecule has 144 valence electrons. The first-order valence-electron chi connectivity index (χ1n) is 9.13. The number of hydrogen-bond acceptors (Lipinski definition) is 6. The Morgan fingerprint density at radius 1 is 1.30 bits per heavy atom. The van der Waals surface area contributed by atoms with Crippen LogP contribution in [0, 0.1) is 0 Å². The lowest BCUT2D eigenvalue weighted by molar-refractivity contribution is -0.129. The summed E-state index contributed by atoms with van der Waals surface area (Å²) >= 11 is 0. The van der Waals surface area contributed by atoms with E-state index in [2.05, 4.69) is 10.4 Å². The molecule has 1 aliphatic carbocycles. The Morgan fingerprint density at radius 3 is 2.63 bits per heavy atom. The smallest absolute Gasteiger partial charge is 0.360 e. The van der Waals surface area contributed by atoms with E-state index in [4.69, 9.17) is 9.84 Å². The first-order valence-corrected chi connectivity index (χ1v) is 9.13. The molecule has 27 heavy (non-hydrogen) atoms. The number of esters is 1. The van der Waals surface area contributed by atoms with Crippen LogP contribution in [-0.4, -0.2) is 45.5 Å². The molecular weight excluding hydrogens is 350 g/mol. The Balaban J connectivity index is 1.83. The lowest BCUT2D eigenvalue weighted by Crippen LogP contribution is -2.41. The molecule has 0 aliphatic heterocycles. The number of nitrogens with one attached hydrogen (secondary N) is 1. The van der Waals surface area contributed by atoms with Gasteiger partial charge in [0.05, 0.1) is 18.5 Å². The van der Waals surface area contributed by atoms with Crippen LogP contribution in [0.25, 0.3) is 10.8 Å². The largest absolute Gasteiger partial charge is 0.448 e. The number of aliphatic hydroxyl groups excluding tert-OH is 1. The molecule has 2 aromatic rings. The number of benzene rings is 1. The highest BCUT2D eigenvalue weighted by Crippen LogP contribution is 2.18. The topological polar surface area (TPSA) is 111 Å². The Kier molecular flexibility index (Phi) is 5.85. The van der Waals surface area contributed by atoms with Crippen molar-refractivity contribution in [1.29, 1.82) is 0 Å². The molecule has 1 saturated carbocycles. The SMILES string of the molecule is C[C@@H](OC(=O)c1nn(CCO)c(=O)c2ccccc12)C(=O)NC1CCCC1. The third kappa shape index (κ3) is 4.16. The van der Waals surface area contributed by atoms with Gasteiger partial charge >= 0.3 is 5.97 Å². The first-order chi connectivity index (χ1) is 13.0. The van der Waals surface area contributed by atoms with E-state index in [9.17, 15) is 14.4 Å². The number of amides is 1. The number of rotatable bonds is 6. The summed E-state index contributed by atoms with van der Waals surface area (Å²) in [7, 11) is 0. The van der Waals surface area contributed by atoms with Crippen LogP contribution in [0.15, 0.2) is 29.1 Å². The Morgan fingerprint density at radius 2 is 1.96 bits per heavy atom. The van der Waals surface area contributed by atoms with Gasteiger partial charge in [0.15, 0.2) is 11.8 Å². The summed E-state index contributed by atoms with van der Waals surface area (Å²) in [5.74, 6) is -1.13. The molecule has 1 aliphatic rings. The number of aliphatic hydroxyl groups is 1. The van der Waals surface area contributed by atoms with Gasteiger partial charge in [-0.1, -0.05) is 31.0 Å². The van der Waals surface area contributed by atoms with Crippen LogP contribution < -0.4 is 10.9 Å². The number of carbonyl (C=O) groups excluding carboxylic acids is 2. The van der Waals surface area contributed by atoms with E-state index in [-0.39, 0.29) is 30.8 Å². The van der Waals surface area contributed by atoms with E-state index >= 15 is 0 Å². The zero-order valence-electron chi connectivity index (χ0n) is 15.2. The number of fused-ring (bicyclic) bond motifs is 1. The summed E-state index contributed by atoms with van der Waals surface area (Å²) in [4.78, 5) is 37.3. The lowest BCUT2D eigenvalue weighted by atomic mass is 10.1. The number of nitrogens with zero attached hydrogens (tertiary/aromatic N) is 2. The predicted molar refractivity (Wildman–Crippen MR) is 98.4 cm³/mol. The Bertz CT molecular complexity index is 902. The van der Waals surface area contributed by atoms with Crippen molar-refractivity contribution in [3.05, 3.63) is 40.3 Å². The van der Waals surface area contributed by atoms with E-state index in [1.807, 2.05) is 0 Å². The highest BCUT2D eigenvalue weighted by atomic mass is 16.5. The van der Waals surface area contributed by atoms with Crippen LogP contribution in [0.2, 0.25) is 0 Å². The van der Waals surface area contributed by atoms with Gasteiger partial charge < -0.3 is 15.2 Å². The van der Waals surface area contributed by atoms with Gasteiger partial charge in [-0.2, -0.15) is 5.10 Å². The second-order valence-electron chi connectivity index (χ2n) is 6.68. The molecule has 0 unspecified atom stereocenters. The highest BCUT2D eigenvalue weighted by molar-refractivity contribution is 6.02. The molecule has 1 atom stereocenters. The van der Waals surface area contributed by atoms with Crippen molar-refractivity contribution in [2.45, 2.75) is 51.3 Å².